The van der Waals surface area contributed by atoms with Gasteiger partial charge in [-0.1, -0.05) is 6.07 Å². The Kier molecular flexibility index (Phi) is 5.56. The van der Waals surface area contributed by atoms with E-state index in [-0.39, 0.29) is 11.9 Å². The van der Waals surface area contributed by atoms with Crippen LogP contribution in [0, 0.1) is 5.92 Å². The van der Waals surface area contributed by atoms with Crippen LogP contribution in [0.5, 0.6) is 0 Å². The van der Waals surface area contributed by atoms with E-state index in [1.54, 1.807) is 0 Å². The van der Waals surface area contributed by atoms with Gasteiger partial charge in [-0.3, -0.25) is 9.63 Å². The van der Waals surface area contributed by atoms with Crippen LogP contribution in [0.3, 0.4) is 0 Å². The van der Waals surface area contributed by atoms with E-state index in [0.717, 1.165) is 11.4 Å². The first kappa shape index (κ1) is 17.3. The Morgan fingerprint density at radius 1 is 1.40 bits per heavy atom. The number of nitrogens with two attached hydrogens (primary N) is 1. The van der Waals surface area contributed by atoms with Gasteiger partial charge in [-0.15, -0.1) is 11.3 Å². The Hall–Kier alpha value is -2.52. The number of pyridine rings is 1. The van der Waals surface area contributed by atoms with E-state index in [0.29, 0.717) is 29.9 Å². The molecule has 0 aliphatic heterocycles. The monoisotopic (exact) mass is 360 g/mol. The second-order valence-corrected chi connectivity index (χ2v) is 6.63. The summed E-state index contributed by atoms with van der Waals surface area (Å²) in [6.07, 6.45) is 2.42. The van der Waals surface area contributed by atoms with Gasteiger partial charge in [0, 0.05) is 12.3 Å². The third kappa shape index (κ3) is 5.50. The minimum absolute atomic E-state index is 0.0932. The van der Waals surface area contributed by atoms with Gasteiger partial charge < -0.3 is 11.1 Å². The first-order valence-electron chi connectivity index (χ1n) is 7.98. The smallest absolute Gasteiger partial charge is 0.220 e. The van der Waals surface area contributed by atoms with Crippen molar-refractivity contribution in [1.82, 2.24) is 20.8 Å². The zero-order chi connectivity index (χ0) is 17.6. The van der Waals surface area contributed by atoms with Crippen molar-refractivity contribution in [2.75, 3.05) is 6.61 Å². The minimum Gasteiger partial charge on any atom is -0.368 e. The van der Waals surface area contributed by atoms with Crippen molar-refractivity contribution in [2.45, 2.75) is 26.3 Å². The molecule has 132 valence electrons. The summed E-state index contributed by atoms with van der Waals surface area (Å²) in [6.45, 7) is 2.50. The van der Waals surface area contributed by atoms with Crippen LogP contribution in [0.1, 0.15) is 25.5 Å². The Balaban J connectivity index is 1.61. The zero-order valence-corrected chi connectivity index (χ0v) is 14.7. The molecule has 1 fully saturated rings. The molecule has 1 aliphatic rings. The molecule has 0 atom stereocenters. The topological polar surface area (TPSA) is 115 Å². The van der Waals surface area contributed by atoms with Crippen molar-refractivity contribution in [3.63, 3.8) is 0 Å². The van der Waals surface area contributed by atoms with Crippen molar-refractivity contribution in [2.24, 2.45) is 16.6 Å². The molecule has 2 heterocycles. The van der Waals surface area contributed by atoms with E-state index in [1.807, 2.05) is 23.6 Å². The van der Waals surface area contributed by atoms with Gasteiger partial charge in [-0.2, -0.15) is 4.99 Å². The average Bonchev–Trinajstić information content (AvgIpc) is 3.30. The van der Waals surface area contributed by atoms with E-state index in [2.05, 4.69) is 25.8 Å². The highest BCUT2D eigenvalue weighted by Crippen LogP contribution is 2.28. The Morgan fingerprint density at radius 2 is 2.24 bits per heavy atom. The average molecular weight is 360 g/mol. The molecular formula is C16H20N6O2S. The van der Waals surface area contributed by atoms with Crippen LogP contribution in [0.4, 0.5) is 5.13 Å². The van der Waals surface area contributed by atoms with Gasteiger partial charge in [0.05, 0.1) is 24.5 Å². The second kappa shape index (κ2) is 8.04. The molecule has 1 aliphatic carbocycles. The van der Waals surface area contributed by atoms with Gasteiger partial charge in [0.25, 0.3) is 0 Å². The highest BCUT2D eigenvalue weighted by molar-refractivity contribution is 7.13. The molecule has 1 saturated carbocycles. The standard InChI is InChI=1S/C16H20N6O2S/c1-10(23)18-7-12-3-2-4-13(19-12)14-9-25-16(20-14)21-15(17)22-24-8-11-5-6-11/h2-4,9,11H,5-8H2,1H3,(H,18,23)(H3,17,20,21,22). The molecule has 3 rings (SSSR count). The molecule has 0 unspecified atom stereocenters. The molecule has 9 heteroatoms. The van der Waals surface area contributed by atoms with Crippen LogP contribution in [0.2, 0.25) is 0 Å². The van der Waals surface area contributed by atoms with E-state index in [9.17, 15) is 4.79 Å². The molecule has 0 saturated heterocycles. The van der Waals surface area contributed by atoms with Crippen LogP contribution in [0.15, 0.2) is 28.6 Å². The summed E-state index contributed by atoms with van der Waals surface area (Å²) >= 11 is 1.37. The van der Waals surface area contributed by atoms with E-state index < -0.39 is 0 Å². The van der Waals surface area contributed by atoms with Crippen LogP contribution in [-0.2, 0) is 16.2 Å². The fourth-order valence-corrected chi connectivity index (χ4v) is 2.71. The lowest BCUT2D eigenvalue weighted by atomic mass is 10.2. The quantitative estimate of drug-likeness (QED) is 0.393. The third-order valence-electron chi connectivity index (χ3n) is 3.49. The number of hydrogen-bond acceptors (Lipinski definition) is 6. The van der Waals surface area contributed by atoms with Crippen LogP contribution < -0.4 is 16.5 Å². The summed E-state index contributed by atoms with van der Waals surface area (Å²) in [7, 11) is 0. The Morgan fingerprint density at radius 3 is 3.00 bits per heavy atom. The fraction of sp³-hybridized carbons (Fsp3) is 0.375. The summed E-state index contributed by atoms with van der Waals surface area (Å²) in [5.41, 5.74) is 10.6. The van der Waals surface area contributed by atoms with E-state index >= 15 is 0 Å². The van der Waals surface area contributed by atoms with Gasteiger partial charge in [0.1, 0.15) is 5.69 Å². The summed E-state index contributed by atoms with van der Waals surface area (Å²) in [5, 5.41) is 5.10. The molecular weight excluding hydrogens is 340 g/mol. The summed E-state index contributed by atoms with van der Waals surface area (Å²) in [4.78, 5) is 29.4. The molecule has 0 radical (unpaired) electrons. The maximum atomic E-state index is 11.0. The predicted octanol–water partition coefficient (Wildman–Crippen LogP) is 1.72. The van der Waals surface area contributed by atoms with E-state index in [1.165, 1.54) is 31.1 Å². The lowest BCUT2D eigenvalue weighted by Gasteiger charge is -2.04. The van der Waals surface area contributed by atoms with Crippen LogP contribution in [-0.4, -0.2) is 28.4 Å². The maximum absolute atomic E-state index is 11.0. The van der Waals surface area contributed by atoms with E-state index in [4.69, 9.17) is 10.6 Å². The molecule has 2 aromatic heterocycles. The molecule has 2 aromatic rings. The first-order chi connectivity index (χ1) is 12.1. The fourth-order valence-electron chi connectivity index (χ4n) is 2.01. The van der Waals surface area contributed by atoms with Gasteiger partial charge in [0.15, 0.2) is 0 Å². The number of aromatic nitrogens is 2. The number of hydrogen-bond donors (Lipinski definition) is 3. The van der Waals surface area contributed by atoms with Gasteiger partial charge in [-0.25, -0.2) is 15.4 Å². The number of thiazole rings is 1. The Bertz CT molecular complexity index is 771. The van der Waals surface area contributed by atoms with Crippen LogP contribution >= 0.6 is 11.3 Å². The van der Waals surface area contributed by atoms with Gasteiger partial charge in [0.2, 0.25) is 17.0 Å². The minimum atomic E-state index is -0.0932. The molecule has 4 N–H and O–H groups in total. The number of rotatable bonds is 7. The molecule has 25 heavy (non-hydrogen) atoms. The van der Waals surface area contributed by atoms with Crippen molar-refractivity contribution in [1.29, 1.82) is 0 Å². The number of amides is 1. The normalized spacial score (nSPS) is 14.4. The van der Waals surface area contributed by atoms with Crippen molar-refractivity contribution < 1.29 is 9.63 Å². The largest absolute Gasteiger partial charge is 0.368 e. The Labute approximate surface area is 149 Å². The number of carbonyl (C=O) groups excluding carboxylic acids is 1. The lowest BCUT2D eigenvalue weighted by Crippen LogP contribution is -2.31. The maximum Gasteiger partial charge on any atom is 0.220 e. The van der Waals surface area contributed by atoms with Crippen molar-refractivity contribution in [3.8, 4) is 11.4 Å². The SMILES string of the molecule is CC(=O)NCc1cccc(-c2csc(N=C(N)NOCC3CC3)n2)n1. The molecule has 1 amide bonds. The number of nitrogens with zero attached hydrogens (tertiary/aromatic N) is 3. The first-order valence-corrected chi connectivity index (χ1v) is 8.86. The molecule has 0 spiro atoms. The molecule has 0 bridgehead atoms. The lowest BCUT2D eigenvalue weighted by molar-refractivity contribution is -0.119. The van der Waals surface area contributed by atoms with Crippen molar-refractivity contribution >= 4 is 28.3 Å². The number of aliphatic imine (C=N–C) groups is 1. The summed E-state index contributed by atoms with van der Waals surface area (Å²) < 4.78 is 0. The summed E-state index contributed by atoms with van der Waals surface area (Å²) in [6, 6.07) is 5.59. The highest BCUT2D eigenvalue weighted by Gasteiger charge is 2.21. The van der Waals surface area contributed by atoms with Crippen molar-refractivity contribution in [3.05, 3.63) is 29.3 Å². The second-order valence-electron chi connectivity index (χ2n) is 5.79. The number of nitrogens with one attached hydrogen (secondary N) is 2. The van der Waals surface area contributed by atoms with Gasteiger partial charge >= 0.3 is 0 Å². The predicted molar refractivity (Wildman–Crippen MR) is 96.0 cm³/mol. The number of hydroxylamine groups is 1. The van der Waals surface area contributed by atoms with Crippen LogP contribution in [0.25, 0.3) is 11.4 Å². The molecule has 0 aromatic carbocycles. The summed E-state index contributed by atoms with van der Waals surface area (Å²) in [5.74, 6) is 0.723. The highest BCUT2D eigenvalue weighted by atomic mass is 32.1. The third-order valence-corrected chi connectivity index (χ3v) is 4.22. The number of carbonyl (C=O) groups is 1. The number of guanidine groups is 1. The molecule has 8 nitrogen and oxygen atoms in total. The zero-order valence-electron chi connectivity index (χ0n) is 13.9. The van der Waals surface area contributed by atoms with Gasteiger partial charge in [-0.05, 0) is 30.9 Å².